The van der Waals surface area contributed by atoms with E-state index in [1.165, 1.54) is 2.88 Å². The van der Waals surface area contributed by atoms with E-state index in [4.69, 9.17) is 5.73 Å². The predicted octanol–water partition coefficient (Wildman–Crippen LogP) is 2.62. The lowest BCUT2D eigenvalue weighted by molar-refractivity contribution is 0.0864. The molecule has 2 atom stereocenters. The van der Waals surface area contributed by atoms with E-state index >= 15 is 0 Å². The van der Waals surface area contributed by atoms with Gasteiger partial charge in [0.2, 0.25) is 0 Å². The van der Waals surface area contributed by atoms with E-state index in [0.717, 1.165) is 5.56 Å². The van der Waals surface area contributed by atoms with Gasteiger partial charge in [-0.3, -0.25) is 0 Å². The summed E-state index contributed by atoms with van der Waals surface area (Å²) >= 11 is 3.92. The second-order valence-corrected chi connectivity index (χ2v) is 6.58. The molecule has 1 aromatic rings. The largest absolute Gasteiger partial charge is 0.388 e. The second kappa shape index (κ2) is 5.44. The minimum Gasteiger partial charge on any atom is -0.388 e. The molecule has 1 rings (SSSR count). The summed E-state index contributed by atoms with van der Waals surface area (Å²) in [7, 11) is 0. The fourth-order valence-corrected chi connectivity index (χ4v) is 2.89. The molecule has 0 aliphatic heterocycles. The summed E-state index contributed by atoms with van der Waals surface area (Å²) in [6.07, 6.45) is -0.417. The van der Waals surface area contributed by atoms with E-state index in [1.807, 2.05) is 11.4 Å². The molecule has 2 unspecified atom stereocenters. The highest BCUT2D eigenvalue weighted by Gasteiger charge is 2.23. The quantitative estimate of drug-likeness (QED) is 0.836. The Hall–Kier alpha value is 0.350. The lowest BCUT2D eigenvalue weighted by Gasteiger charge is -2.24. The number of hydrogen-bond acceptors (Lipinski definition) is 3. The van der Waals surface area contributed by atoms with E-state index in [2.05, 4.69) is 36.4 Å². The fraction of sp³-hybridized carbons (Fsp3) is 0.600. The average molecular weight is 325 g/mol. The van der Waals surface area contributed by atoms with Crippen molar-refractivity contribution in [2.24, 2.45) is 17.6 Å². The summed E-state index contributed by atoms with van der Waals surface area (Å²) in [5, 5.41) is 12.1. The van der Waals surface area contributed by atoms with Crippen LogP contribution in [0.2, 0.25) is 0 Å². The van der Waals surface area contributed by atoms with Crippen molar-refractivity contribution in [1.29, 1.82) is 0 Å². The molecule has 3 N–H and O–H groups in total. The van der Waals surface area contributed by atoms with E-state index in [0.29, 0.717) is 12.5 Å². The van der Waals surface area contributed by atoms with Crippen molar-refractivity contribution in [3.63, 3.8) is 0 Å². The average Bonchev–Trinajstić information content (AvgIpc) is 2.52. The first-order chi connectivity index (χ1) is 6.56. The highest BCUT2D eigenvalue weighted by Crippen LogP contribution is 2.30. The third-order valence-corrected chi connectivity index (χ3v) is 4.27. The second-order valence-electron chi connectivity index (χ2n) is 3.77. The molecule has 14 heavy (non-hydrogen) atoms. The molecule has 1 aromatic heterocycles. The van der Waals surface area contributed by atoms with Crippen molar-refractivity contribution in [2.45, 2.75) is 20.0 Å². The van der Waals surface area contributed by atoms with Gasteiger partial charge in [-0.2, -0.15) is 0 Å². The molecule has 0 aromatic carbocycles. The van der Waals surface area contributed by atoms with Crippen molar-refractivity contribution in [3.05, 3.63) is 19.9 Å². The van der Waals surface area contributed by atoms with Gasteiger partial charge in [0, 0.05) is 5.92 Å². The Labute approximate surface area is 103 Å². The van der Waals surface area contributed by atoms with Gasteiger partial charge in [-0.05, 0) is 52.1 Å². The molecule has 80 valence electrons. The topological polar surface area (TPSA) is 46.2 Å². The van der Waals surface area contributed by atoms with Gasteiger partial charge in [0.05, 0.1) is 8.99 Å². The molecule has 1 heterocycles. The van der Waals surface area contributed by atoms with Gasteiger partial charge in [0.1, 0.15) is 0 Å². The maximum absolute atomic E-state index is 10.1. The standard InChI is InChI=1S/C10H16INOS/c1-6(2)8(4-12)10(13)7-3-9(11)14-5-7/h3,5-6,8,10,13H,4,12H2,1-2H3. The van der Waals surface area contributed by atoms with Crippen molar-refractivity contribution >= 4 is 33.9 Å². The van der Waals surface area contributed by atoms with Crippen molar-refractivity contribution in [2.75, 3.05) is 6.54 Å². The number of nitrogens with two attached hydrogens (primary N) is 1. The van der Waals surface area contributed by atoms with Crippen LogP contribution in [0.4, 0.5) is 0 Å². The number of rotatable bonds is 4. The van der Waals surface area contributed by atoms with Crippen LogP contribution in [0.1, 0.15) is 25.5 Å². The summed E-state index contributed by atoms with van der Waals surface area (Å²) in [4.78, 5) is 0. The number of aliphatic hydroxyl groups is 1. The van der Waals surface area contributed by atoms with Gasteiger partial charge in [-0.15, -0.1) is 11.3 Å². The van der Waals surface area contributed by atoms with Gasteiger partial charge in [-0.25, -0.2) is 0 Å². The third-order valence-electron chi connectivity index (χ3n) is 2.46. The van der Waals surface area contributed by atoms with Crippen LogP contribution in [0.15, 0.2) is 11.4 Å². The van der Waals surface area contributed by atoms with Gasteiger partial charge >= 0.3 is 0 Å². The first-order valence-corrected chi connectivity index (χ1v) is 6.64. The van der Waals surface area contributed by atoms with Gasteiger partial charge in [0.25, 0.3) is 0 Å². The Morgan fingerprint density at radius 1 is 1.57 bits per heavy atom. The lowest BCUT2D eigenvalue weighted by atomic mass is 9.88. The molecular weight excluding hydrogens is 309 g/mol. The first kappa shape index (κ1) is 12.4. The van der Waals surface area contributed by atoms with Gasteiger partial charge in [0.15, 0.2) is 0 Å². The zero-order valence-corrected chi connectivity index (χ0v) is 11.4. The van der Waals surface area contributed by atoms with Crippen molar-refractivity contribution < 1.29 is 5.11 Å². The molecule has 0 amide bonds. The molecular formula is C10H16INOS. The van der Waals surface area contributed by atoms with Crippen LogP contribution in [-0.2, 0) is 0 Å². The molecule has 0 spiro atoms. The normalized spacial score (nSPS) is 15.9. The Bertz CT molecular complexity index is 287. The Morgan fingerprint density at radius 3 is 2.57 bits per heavy atom. The Kier molecular flexibility index (Phi) is 4.82. The summed E-state index contributed by atoms with van der Waals surface area (Å²) in [5.41, 5.74) is 6.66. The zero-order valence-electron chi connectivity index (χ0n) is 8.40. The number of halogens is 1. The third kappa shape index (κ3) is 2.92. The maximum Gasteiger partial charge on any atom is 0.0841 e. The zero-order chi connectivity index (χ0) is 10.7. The molecule has 0 radical (unpaired) electrons. The highest BCUT2D eigenvalue weighted by atomic mass is 127. The Morgan fingerprint density at radius 2 is 2.21 bits per heavy atom. The molecule has 0 bridgehead atoms. The lowest BCUT2D eigenvalue weighted by Crippen LogP contribution is -2.26. The van der Waals surface area contributed by atoms with E-state index < -0.39 is 6.10 Å². The molecule has 0 saturated heterocycles. The molecule has 4 heteroatoms. The van der Waals surface area contributed by atoms with Gasteiger partial charge in [-0.1, -0.05) is 13.8 Å². The summed E-state index contributed by atoms with van der Waals surface area (Å²) in [5.74, 6) is 0.563. The fourth-order valence-electron chi connectivity index (χ4n) is 1.49. The number of thiophene rings is 1. The van der Waals surface area contributed by atoms with Crippen LogP contribution in [-0.4, -0.2) is 11.7 Å². The van der Waals surface area contributed by atoms with Crippen LogP contribution in [0, 0.1) is 14.7 Å². The van der Waals surface area contributed by atoms with Crippen LogP contribution < -0.4 is 5.73 Å². The van der Waals surface area contributed by atoms with E-state index in [9.17, 15) is 5.11 Å². The molecule has 0 aliphatic rings. The van der Waals surface area contributed by atoms with Crippen molar-refractivity contribution in [3.8, 4) is 0 Å². The predicted molar refractivity (Wildman–Crippen MR) is 69.4 cm³/mol. The van der Waals surface area contributed by atoms with Crippen LogP contribution >= 0.6 is 33.9 Å². The summed E-state index contributed by atoms with van der Waals surface area (Å²) in [6, 6.07) is 2.03. The van der Waals surface area contributed by atoms with Crippen LogP contribution in [0.5, 0.6) is 0 Å². The molecule has 2 nitrogen and oxygen atoms in total. The molecule has 0 saturated carbocycles. The molecule has 0 aliphatic carbocycles. The number of aliphatic hydroxyl groups excluding tert-OH is 1. The summed E-state index contributed by atoms with van der Waals surface area (Å²) < 4.78 is 1.20. The monoisotopic (exact) mass is 325 g/mol. The van der Waals surface area contributed by atoms with E-state index in [1.54, 1.807) is 11.3 Å². The van der Waals surface area contributed by atoms with Crippen LogP contribution in [0.3, 0.4) is 0 Å². The first-order valence-electron chi connectivity index (χ1n) is 4.68. The van der Waals surface area contributed by atoms with Gasteiger partial charge < -0.3 is 10.8 Å². The summed E-state index contributed by atoms with van der Waals surface area (Å²) in [6.45, 7) is 4.72. The minimum atomic E-state index is -0.417. The maximum atomic E-state index is 10.1. The minimum absolute atomic E-state index is 0.153. The Balaban J connectivity index is 2.77. The van der Waals surface area contributed by atoms with E-state index in [-0.39, 0.29) is 5.92 Å². The van der Waals surface area contributed by atoms with Crippen LogP contribution in [0.25, 0.3) is 0 Å². The smallest absolute Gasteiger partial charge is 0.0841 e. The number of hydrogen-bond donors (Lipinski definition) is 2. The SMILES string of the molecule is CC(C)C(CN)C(O)c1csc(I)c1. The van der Waals surface area contributed by atoms with Crippen molar-refractivity contribution in [1.82, 2.24) is 0 Å². The highest BCUT2D eigenvalue weighted by molar-refractivity contribution is 14.1. The molecule has 0 fully saturated rings.